The van der Waals surface area contributed by atoms with Gasteiger partial charge in [-0.05, 0) is 51.6 Å². The molecule has 0 aliphatic rings. The maximum absolute atomic E-state index is 13.0. The van der Waals surface area contributed by atoms with Gasteiger partial charge in [-0.2, -0.15) is 0 Å². The normalized spacial score (nSPS) is 12.1. The summed E-state index contributed by atoms with van der Waals surface area (Å²) in [4.78, 5) is 2.20. The summed E-state index contributed by atoms with van der Waals surface area (Å²) in [5, 5.41) is 0. The maximum Gasteiger partial charge on any atom is 0.123 e. The van der Waals surface area contributed by atoms with Gasteiger partial charge in [0.2, 0.25) is 0 Å². The van der Waals surface area contributed by atoms with Crippen molar-refractivity contribution in [1.29, 1.82) is 0 Å². The third-order valence-electron chi connectivity index (χ3n) is 3.10. The summed E-state index contributed by atoms with van der Waals surface area (Å²) >= 11 is 0. The number of halogens is 1. The van der Waals surface area contributed by atoms with Crippen molar-refractivity contribution in [3.05, 3.63) is 35.6 Å². The molecular weight excluding hydrogens is 203 g/mol. The molecule has 1 aromatic carbocycles. The minimum Gasteiger partial charge on any atom is -0.330 e. The summed E-state index contributed by atoms with van der Waals surface area (Å²) in [7, 11) is 2.04. The Balaban J connectivity index is 2.67. The lowest BCUT2D eigenvalue weighted by Gasteiger charge is -2.35. The average molecular weight is 224 g/mol. The van der Waals surface area contributed by atoms with E-state index in [1.165, 1.54) is 6.07 Å². The molecule has 0 fully saturated rings. The monoisotopic (exact) mass is 224 g/mol. The molecule has 3 heteroatoms. The molecule has 90 valence electrons. The Morgan fingerprint density at radius 1 is 1.38 bits per heavy atom. The fourth-order valence-corrected chi connectivity index (χ4v) is 1.67. The molecule has 0 aliphatic heterocycles. The lowest BCUT2D eigenvalue weighted by Crippen LogP contribution is -2.42. The zero-order chi connectivity index (χ0) is 12.2. The van der Waals surface area contributed by atoms with Gasteiger partial charge in [0, 0.05) is 12.1 Å². The van der Waals surface area contributed by atoms with E-state index in [1.54, 1.807) is 12.1 Å². The first kappa shape index (κ1) is 13.1. The van der Waals surface area contributed by atoms with Crippen molar-refractivity contribution in [2.24, 2.45) is 5.73 Å². The van der Waals surface area contributed by atoms with Crippen LogP contribution in [-0.2, 0) is 6.54 Å². The molecule has 1 rings (SSSR count). The van der Waals surface area contributed by atoms with Gasteiger partial charge in [0.25, 0.3) is 0 Å². The quantitative estimate of drug-likeness (QED) is 0.832. The molecule has 0 unspecified atom stereocenters. The fourth-order valence-electron chi connectivity index (χ4n) is 1.67. The molecule has 0 atom stereocenters. The third kappa shape index (κ3) is 3.58. The summed E-state index contributed by atoms with van der Waals surface area (Å²) in [6.07, 6.45) is 0.929. The van der Waals surface area contributed by atoms with Crippen LogP contribution in [0.25, 0.3) is 0 Å². The molecule has 0 saturated carbocycles. The summed E-state index contributed by atoms with van der Waals surface area (Å²) < 4.78 is 13.0. The second kappa shape index (κ2) is 5.41. The summed E-state index contributed by atoms with van der Waals surface area (Å²) in [6.45, 7) is 5.71. The zero-order valence-electron chi connectivity index (χ0n) is 10.3. The predicted octanol–water partition coefficient (Wildman–Crippen LogP) is 2.38. The van der Waals surface area contributed by atoms with Crippen LogP contribution >= 0.6 is 0 Å². The first-order valence-corrected chi connectivity index (χ1v) is 5.61. The molecule has 0 saturated heterocycles. The van der Waals surface area contributed by atoms with Crippen molar-refractivity contribution in [2.75, 3.05) is 13.6 Å². The molecule has 0 spiro atoms. The molecule has 2 nitrogen and oxygen atoms in total. The number of nitrogens with two attached hydrogens (primary N) is 1. The van der Waals surface area contributed by atoms with Crippen LogP contribution in [0.1, 0.15) is 25.8 Å². The van der Waals surface area contributed by atoms with Crippen LogP contribution in [0.15, 0.2) is 24.3 Å². The van der Waals surface area contributed by atoms with E-state index in [9.17, 15) is 4.39 Å². The highest BCUT2D eigenvalue weighted by Gasteiger charge is 2.22. The van der Waals surface area contributed by atoms with Crippen molar-refractivity contribution >= 4 is 0 Å². The van der Waals surface area contributed by atoms with Crippen LogP contribution in [0.5, 0.6) is 0 Å². The Hall–Kier alpha value is -0.930. The van der Waals surface area contributed by atoms with Gasteiger partial charge >= 0.3 is 0 Å². The molecule has 0 bridgehead atoms. The van der Waals surface area contributed by atoms with Gasteiger partial charge in [0.1, 0.15) is 5.82 Å². The molecule has 0 aromatic heterocycles. The fraction of sp³-hybridized carbons (Fsp3) is 0.538. The average Bonchev–Trinajstić information content (AvgIpc) is 2.17. The summed E-state index contributed by atoms with van der Waals surface area (Å²) in [5.41, 5.74) is 6.62. The number of hydrogen-bond acceptors (Lipinski definition) is 2. The summed E-state index contributed by atoms with van der Waals surface area (Å²) in [6, 6.07) is 6.73. The van der Waals surface area contributed by atoms with Gasteiger partial charge in [-0.1, -0.05) is 12.1 Å². The van der Waals surface area contributed by atoms with Crippen LogP contribution in [0, 0.1) is 5.82 Å². The van der Waals surface area contributed by atoms with Gasteiger partial charge in [0.15, 0.2) is 0 Å². The van der Waals surface area contributed by atoms with Crippen LogP contribution in [0.3, 0.4) is 0 Å². The van der Waals surface area contributed by atoms with Gasteiger partial charge in [0.05, 0.1) is 0 Å². The van der Waals surface area contributed by atoms with Crippen molar-refractivity contribution in [1.82, 2.24) is 4.90 Å². The molecule has 0 heterocycles. The highest BCUT2D eigenvalue weighted by Crippen LogP contribution is 2.19. The van der Waals surface area contributed by atoms with Gasteiger partial charge in [-0.3, -0.25) is 4.90 Å². The SMILES string of the molecule is CN(Cc1cccc(F)c1)C(C)(C)CCN. The molecule has 1 aromatic rings. The van der Waals surface area contributed by atoms with E-state index < -0.39 is 0 Å². The maximum atomic E-state index is 13.0. The second-order valence-corrected chi connectivity index (χ2v) is 4.84. The molecule has 16 heavy (non-hydrogen) atoms. The lowest BCUT2D eigenvalue weighted by molar-refractivity contribution is 0.140. The van der Waals surface area contributed by atoms with Gasteiger partial charge in [-0.15, -0.1) is 0 Å². The number of rotatable bonds is 5. The van der Waals surface area contributed by atoms with E-state index in [2.05, 4.69) is 18.7 Å². The van der Waals surface area contributed by atoms with Crippen molar-refractivity contribution in [2.45, 2.75) is 32.4 Å². The Morgan fingerprint density at radius 3 is 2.62 bits per heavy atom. The molecule has 0 amide bonds. The third-order valence-corrected chi connectivity index (χ3v) is 3.10. The largest absolute Gasteiger partial charge is 0.330 e. The summed E-state index contributed by atoms with van der Waals surface area (Å²) in [5.74, 6) is -0.178. The van der Waals surface area contributed by atoms with E-state index in [0.29, 0.717) is 6.54 Å². The molecular formula is C13H21FN2. The van der Waals surface area contributed by atoms with Crippen molar-refractivity contribution in [3.63, 3.8) is 0 Å². The minimum atomic E-state index is -0.178. The number of nitrogens with zero attached hydrogens (tertiary/aromatic N) is 1. The first-order valence-electron chi connectivity index (χ1n) is 5.61. The highest BCUT2D eigenvalue weighted by molar-refractivity contribution is 5.16. The van der Waals surface area contributed by atoms with Crippen LogP contribution in [-0.4, -0.2) is 24.0 Å². The molecule has 2 N–H and O–H groups in total. The number of benzene rings is 1. The second-order valence-electron chi connectivity index (χ2n) is 4.84. The topological polar surface area (TPSA) is 29.3 Å². The standard InChI is InChI=1S/C13H21FN2/c1-13(2,7-8-15)16(3)10-11-5-4-6-12(14)9-11/h4-6,9H,7-8,10,15H2,1-3H3. The van der Waals surface area contributed by atoms with Gasteiger partial charge < -0.3 is 5.73 Å². The molecule has 0 radical (unpaired) electrons. The van der Waals surface area contributed by atoms with Crippen LogP contribution < -0.4 is 5.73 Å². The Bertz CT molecular complexity index is 336. The van der Waals surface area contributed by atoms with Gasteiger partial charge in [-0.25, -0.2) is 4.39 Å². The zero-order valence-corrected chi connectivity index (χ0v) is 10.3. The lowest BCUT2D eigenvalue weighted by atomic mass is 9.98. The molecule has 0 aliphatic carbocycles. The minimum absolute atomic E-state index is 0.0427. The predicted molar refractivity (Wildman–Crippen MR) is 65.6 cm³/mol. The van der Waals surface area contributed by atoms with E-state index in [-0.39, 0.29) is 11.4 Å². The van der Waals surface area contributed by atoms with E-state index in [0.717, 1.165) is 18.5 Å². The van der Waals surface area contributed by atoms with Crippen LogP contribution in [0.2, 0.25) is 0 Å². The Morgan fingerprint density at radius 2 is 2.06 bits per heavy atom. The van der Waals surface area contributed by atoms with E-state index >= 15 is 0 Å². The number of hydrogen-bond donors (Lipinski definition) is 1. The Kier molecular flexibility index (Phi) is 4.44. The van der Waals surface area contributed by atoms with E-state index in [4.69, 9.17) is 5.73 Å². The first-order chi connectivity index (χ1) is 7.45. The smallest absolute Gasteiger partial charge is 0.123 e. The Labute approximate surface area is 97.3 Å². The highest BCUT2D eigenvalue weighted by atomic mass is 19.1. The van der Waals surface area contributed by atoms with Crippen LogP contribution in [0.4, 0.5) is 4.39 Å². The van der Waals surface area contributed by atoms with E-state index in [1.807, 2.05) is 13.1 Å². The van der Waals surface area contributed by atoms with Crippen molar-refractivity contribution in [3.8, 4) is 0 Å². The van der Waals surface area contributed by atoms with Crippen molar-refractivity contribution < 1.29 is 4.39 Å².